The molecule has 1 amide bonds. The van der Waals surface area contributed by atoms with Crippen LogP contribution in [-0.4, -0.2) is 14.3 Å². The van der Waals surface area contributed by atoms with Gasteiger partial charge in [0.2, 0.25) is 5.91 Å². The molecule has 2 N–H and O–H groups in total. The van der Waals surface area contributed by atoms with Crippen LogP contribution in [0.25, 0.3) is 10.4 Å². The SMILES string of the molecule is CC(=O)N(N)c1ccc(S(=O)(=O)N=[N+]=[N-])cc1. The molecule has 0 spiro atoms. The van der Waals surface area contributed by atoms with Gasteiger partial charge in [-0.2, -0.15) is 0 Å². The highest BCUT2D eigenvalue weighted by atomic mass is 32.2. The Morgan fingerprint density at radius 1 is 1.41 bits per heavy atom. The third-order valence-corrected chi connectivity index (χ3v) is 3.05. The van der Waals surface area contributed by atoms with Gasteiger partial charge in [0.15, 0.2) is 0 Å². The molecule has 0 saturated heterocycles. The number of carbonyl (C=O) groups excluding carboxylic acids is 1. The van der Waals surface area contributed by atoms with Crippen molar-refractivity contribution in [2.24, 2.45) is 10.4 Å². The molecule has 0 heterocycles. The van der Waals surface area contributed by atoms with E-state index in [0.717, 1.165) is 5.01 Å². The summed E-state index contributed by atoms with van der Waals surface area (Å²) in [5.41, 5.74) is 8.42. The Hall–Kier alpha value is -2.09. The van der Waals surface area contributed by atoms with Crippen LogP contribution in [0.3, 0.4) is 0 Å². The summed E-state index contributed by atoms with van der Waals surface area (Å²) >= 11 is 0. The zero-order valence-corrected chi connectivity index (χ0v) is 9.63. The maximum absolute atomic E-state index is 11.3. The molecule has 1 aromatic rings. The highest BCUT2D eigenvalue weighted by Crippen LogP contribution is 2.17. The summed E-state index contributed by atoms with van der Waals surface area (Å²) in [7, 11) is -4.01. The zero-order chi connectivity index (χ0) is 13.1. The predicted octanol–water partition coefficient (Wildman–Crippen LogP) is 0.912. The standard InChI is InChI=1S/C8H9N5O3S/c1-6(14)13(10)7-2-4-8(5-3-7)17(15,16)12-11-9/h2-5H,10H2,1H3. The normalized spacial score (nSPS) is 10.5. The van der Waals surface area contributed by atoms with E-state index < -0.39 is 15.9 Å². The second kappa shape index (κ2) is 4.83. The number of azide groups is 1. The van der Waals surface area contributed by atoms with E-state index in [1.807, 2.05) is 0 Å². The van der Waals surface area contributed by atoms with Crippen molar-refractivity contribution in [3.8, 4) is 0 Å². The predicted molar refractivity (Wildman–Crippen MR) is 60.1 cm³/mol. The molecule has 1 aromatic carbocycles. The second-order valence-corrected chi connectivity index (χ2v) is 4.61. The summed E-state index contributed by atoms with van der Waals surface area (Å²) in [4.78, 5) is 13.0. The third-order valence-electron chi connectivity index (χ3n) is 1.90. The number of hydrazine groups is 1. The van der Waals surface area contributed by atoms with Crippen molar-refractivity contribution in [3.05, 3.63) is 34.7 Å². The Morgan fingerprint density at radius 3 is 2.35 bits per heavy atom. The molecule has 0 aliphatic carbocycles. The number of benzene rings is 1. The van der Waals surface area contributed by atoms with Gasteiger partial charge < -0.3 is 0 Å². The zero-order valence-electron chi connectivity index (χ0n) is 8.81. The fourth-order valence-corrected chi connectivity index (χ4v) is 1.73. The molecule has 17 heavy (non-hydrogen) atoms. The van der Waals surface area contributed by atoms with E-state index in [2.05, 4.69) is 9.43 Å². The van der Waals surface area contributed by atoms with Crippen LogP contribution < -0.4 is 10.9 Å². The van der Waals surface area contributed by atoms with Gasteiger partial charge in [0.1, 0.15) is 0 Å². The molecule has 0 saturated carbocycles. The molecule has 0 unspecified atom stereocenters. The first-order valence-electron chi connectivity index (χ1n) is 4.35. The van der Waals surface area contributed by atoms with Gasteiger partial charge in [-0.25, -0.2) is 19.3 Å². The number of sulfonamides is 1. The van der Waals surface area contributed by atoms with Crippen molar-refractivity contribution in [2.45, 2.75) is 11.8 Å². The molecular weight excluding hydrogens is 246 g/mol. The number of hydrogen-bond acceptors (Lipinski definition) is 4. The fraction of sp³-hybridized carbons (Fsp3) is 0.125. The third kappa shape index (κ3) is 2.94. The van der Waals surface area contributed by atoms with Crippen LogP contribution in [0.15, 0.2) is 33.7 Å². The molecule has 0 aliphatic rings. The first-order valence-corrected chi connectivity index (χ1v) is 5.79. The van der Waals surface area contributed by atoms with Gasteiger partial charge in [0.25, 0.3) is 10.0 Å². The average Bonchev–Trinajstić information content (AvgIpc) is 2.28. The van der Waals surface area contributed by atoms with Crippen LogP contribution in [-0.2, 0) is 14.8 Å². The number of hydrogen-bond donors (Lipinski definition) is 1. The van der Waals surface area contributed by atoms with E-state index in [9.17, 15) is 13.2 Å². The van der Waals surface area contributed by atoms with Crippen LogP contribution in [0.5, 0.6) is 0 Å². The van der Waals surface area contributed by atoms with Gasteiger partial charge in [-0.1, -0.05) is 0 Å². The number of nitrogens with zero attached hydrogens (tertiary/aromatic N) is 4. The number of anilines is 1. The molecular formula is C8H9N5O3S. The number of rotatable bonds is 3. The molecule has 0 atom stereocenters. The topological polar surface area (TPSA) is 129 Å². The Morgan fingerprint density at radius 2 is 1.94 bits per heavy atom. The Bertz CT molecular complexity index is 574. The lowest BCUT2D eigenvalue weighted by Gasteiger charge is -2.14. The van der Waals surface area contributed by atoms with E-state index in [1.165, 1.54) is 31.2 Å². The Balaban J connectivity index is 3.13. The molecule has 8 nitrogen and oxygen atoms in total. The van der Waals surface area contributed by atoms with Gasteiger partial charge in [-0.05, 0) is 29.8 Å². The minimum absolute atomic E-state index is 0.170. The van der Waals surface area contributed by atoms with E-state index >= 15 is 0 Å². The van der Waals surface area contributed by atoms with Crippen molar-refractivity contribution in [1.29, 1.82) is 0 Å². The molecule has 90 valence electrons. The molecule has 9 heteroatoms. The minimum atomic E-state index is -4.01. The number of carbonyl (C=O) groups is 1. The van der Waals surface area contributed by atoms with Crippen molar-refractivity contribution in [1.82, 2.24) is 0 Å². The number of amides is 1. The van der Waals surface area contributed by atoms with E-state index in [-0.39, 0.29) is 4.90 Å². The van der Waals surface area contributed by atoms with Crippen LogP contribution in [0.4, 0.5) is 5.69 Å². The van der Waals surface area contributed by atoms with Gasteiger partial charge >= 0.3 is 0 Å². The molecule has 0 aliphatic heterocycles. The van der Waals surface area contributed by atoms with Crippen LogP contribution in [0, 0.1) is 0 Å². The summed E-state index contributed by atoms with van der Waals surface area (Å²) in [6, 6.07) is 5.06. The van der Waals surface area contributed by atoms with Gasteiger partial charge in [-0.3, -0.25) is 4.79 Å². The lowest BCUT2D eigenvalue weighted by molar-refractivity contribution is -0.116. The highest BCUT2D eigenvalue weighted by Gasteiger charge is 2.13. The lowest BCUT2D eigenvalue weighted by atomic mass is 10.3. The molecule has 0 bridgehead atoms. The monoisotopic (exact) mass is 255 g/mol. The first-order chi connectivity index (χ1) is 7.88. The van der Waals surface area contributed by atoms with Gasteiger partial charge in [0.05, 0.1) is 10.6 Å². The largest absolute Gasteiger partial charge is 0.273 e. The first kappa shape index (κ1) is 13.0. The summed E-state index contributed by atoms with van der Waals surface area (Å²) in [5.74, 6) is 5.02. The lowest BCUT2D eigenvalue weighted by Crippen LogP contribution is -2.35. The van der Waals surface area contributed by atoms with E-state index in [1.54, 1.807) is 0 Å². The smallest absolute Gasteiger partial charge is 0.264 e. The average molecular weight is 255 g/mol. The van der Waals surface area contributed by atoms with Crippen molar-refractivity contribution in [2.75, 3.05) is 5.01 Å². The van der Waals surface area contributed by atoms with Crippen LogP contribution in [0.2, 0.25) is 0 Å². The van der Waals surface area contributed by atoms with Crippen molar-refractivity contribution < 1.29 is 13.2 Å². The van der Waals surface area contributed by atoms with E-state index in [4.69, 9.17) is 11.4 Å². The minimum Gasteiger partial charge on any atom is -0.273 e. The summed E-state index contributed by atoms with van der Waals surface area (Å²) < 4.78 is 25.3. The second-order valence-electron chi connectivity index (χ2n) is 3.03. The Kier molecular flexibility index (Phi) is 3.69. The maximum Gasteiger partial charge on any atom is 0.264 e. The quantitative estimate of drug-likeness (QED) is 0.215. The van der Waals surface area contributed by atoms with Gasteiger partial charge in [0, 0.05) is 16.4 Å². The molecule has 0 radical (unpaired) electrons. The maximum atomic E-state index is 11.3. The summed E-state index contributed by atoms with van der Waals surface area (Å²) in [6.07, 6.45) is 0. The summed E-state index contributed by atoms with van der Waals surface area (Å²) in [6.45, 7) is 1.27. The van der Waals surface area contributed by atoms with Crippen LogP contribution >= 0.6 is 0 Å². The van der Waals surface area contributed by atoms with Crippen molar-refractivity contribution in [3.63, 3.8) is 0 Å². The van der Waals surface area contributed by atoms with Gasteiger partial charge in [-0.15, -0.1) is 0 Å². The Labute approximate surface area is 97.3 Å². The van der Waals surface area contributed by atoms with Crippen molar-refractivity contribution >= 4 is 21.6 Å². The van der Waals surface area contributed by atoms with Crippen LogP contribution in [0.1, 0.15) is 6.92 Å². The number of nitrogens with two attached hydrogens (primary N) is 1. The van der Waals surface area contributed by atoms with E-state index in [0.29, 0.717) is 5.69 Å². The summed E-state index contributed by atoms with van der Waals surface area (Å²) in [5, 5.41) is 0.865. The highest BCUT2D eigenvalue weighted by molar-refractivity contribution is 7.90. The molecule has 0 fully saturated rings. The fourth-order valence-electron chi connectivity index (χ4n) is 1.06. The molecule has 0 aromatic heterocycles. The molecule has 1 rings (SSSR count).